The maximum absolute atomic E-state index is 4.40. The number of pyridine rings is 4. The van der Waals surface area contributed by atoms with Crippen molar-refractivity contribution < 1.29 is 0 Å². The van der Waals surface area contributed by atoms with Gasteiger partial charge in [-0.05, 0) is 175 Å². The van der Waals surface area contributed by atoms with Crippen molar-refractivity contribution in [3.05, 3.63) is 225 Å². The monoisotopic (exact) mass is 1550 g/mol. The molecular formula is C102H182N10. The zero-order valence-electron chi connectivity index (χ0n) is 82.4. The predicted octanol–water partition coefficient (Wildman–Crippen LogP) is 33.6. The SMILES string of the molecule is CC.CC.CC.CC.CC.CC.CC.CC.CC(C)c1ccccc1C(C)C.CC(C)c1cccnc1C(C)C.CC(C)c1cccnc1C(C)C.CC(C)c1ccncc1C(C)C.CC(C)c1ccncc1C(C)C.CC(C)c1cncnc1C(C)C.CC(C)c1cncnc1C(C)C.CC(C)c1nccnc1C(C)C. The molecule has 0 amide bonds. The Hall–Kier alpha value is -6.94. The molecule has 0 bridgehead atoms. The lowest BCUT2D eigenvalue weighted by molar-refractivity contribution is 0.726. The highest BCUT2D eigenvalue weighted by molar-refractivity contribution is 5.33. The third-order valence-corrected chi connectivity index (χ3v) is 16.3. The Morgan fingerprint density at radius 3 is 0.527 bits per heavy atom. The Morgan fingerprint density at radius 2 is 0.339 bits per heavy atom. The molecule has 7 aromatic heterocycles. The number of aromatic nitrogens is 10. The Kier molecular flexibility index (Phi) is 81.3. The van der Waals surface area contributed by atoms with Gasteiger partial charge in [0.1, 0.15) is 12.7 Å². The van der Waals surface area contributed by atoms with Crippen LogP contribution in [0.5, 0.6) is 0 Å². The maximum atomic E-state index is 4.40. The van der Waals surface area contributed by atoms with E-state index >= 15 is 0 Å². The molecule has 0 fully saturated rings. The Balaban J connectivity index is -0.000000179. The smallest absolute Gasteiger partial charge is 0.115 e. The molecule has 0 radical (unpaired) electrons. The summed E-state index contributed by atoms with van der Waals surface area (Å²) in [7, 11) is 0. The average molecular weight is 1550 g/mol. The third-order valence-electron chi connectivity index (χ3n) is 16.3. The van der Waals surface area contributed by atoms with Crippen molar-refractivity contribution in [2.75, 3.05) is 0 Å². The van der Waals surface area contributed by atoms with Crippen LogP contribution in [-0.4, -0.2) is 49.8 Å². The Labute approximate surface area is 697 Å². The van der Waals surface area contributed by atoms with E-state index in [-0.39, 0.29) is 0 Å². The lowest BCUT2D eigenvalue weighted by Gasteiger charge is -2.14. The lowest BCUT2D eigenvalue weighted by Crippen LogP contribution is -2.03. The van der Waals surface area contributed by atoms with Gasteiger partial charge in [0.05, 0.1) is 11.4 Å². The normalized spacial score (nSPS) is 10.0. The quantitative estimate of drug-likeness (QED) is 0.0922. The molecule has 10 nitrogen and oxygen atoms in total. The molecule has 0 unspecified atom stereocenters. The van der Waals surface area contributed by atoms with Crippen molar-refractivity contribution in [2.45, 2.75) is 427 Å². The van der Waals surface area contributed by atoms with Crippen molar-refractivity contribution in [1.82, 2.24) is 49.8 Å². The number of hydrogen-bond acceptors (Lipinski definition) is 10. The first-order valence-electron chi connectivity index (χ1n) is 44.3. The summed E-state index contributed by atoms with van der Waals surface area (Å²) in [5.41, 5.74) is 21.0. The Morgan fingerprint density at radius 1 is 0.152 bits per heavy atom. The fraction of sp³-hybridized carbons (Fsp3) is 0.627. The molecular weight excluding hydrogens is 1370 g/mol. The van der Waals surface area contributed by atoms with Crippen molar-refractivity contribution in [3.8, 4) is 0 Å². The minimum Gasteiger partial charge on any atom is -0.264 e. The second-order valence-corrected chi connectivity index (χ2v) is 30.1. The van der Waals surface area contributed by atoms with Crippen LogP contribution in [0.2, 0.25) is 0 Å². The van der Waals surface area contributed by atoms with Crippen LogP contribution in [0.3, 0.4) is 0 Å². The largest absolute Gasteiger partial charge is 0.264 e. The average Bonchev–Trinajstić information content (AvgIpc) is 0.934. The van der Waals surface area contributed by atoms with Gasteiger partial charge in [-0.15, -0.1) is 0 Å². The van der Waals surface area contributed by atoms with E-state index in [0.717, 1.165) is 11.4 Å². The molecule has 0 aliphatic rings. The van der Waals surface area contributed by atoms with E-state index < -0.39 is 0 Å². The van der Waals surface area contributed by atoms with Crippen LogP contribution >= 0.6 is 0 Å². The van der Waals surface area contributed by atoms with Crippen molar-refractivity contribution in [2.24, 2.45) is 0 Å². The number of benzene rings is 1. The molecule has 0 aliphatic carbocycles. The molecule has 112 heavy (non-hydrogen) atoms. The first-order chi connectivity index (χ1) is 53.0. The molecule has 8 rings (SSSR count). The first-order valence-corrected chi connectivity index (χ1v) is 44.3. The summed E-state index contributed by atoms with van der Waals surface area (Å²) in [5.74, 6) is 8.82. The molecule has 0 saturated heterocycles. The van der Waals surface area contributed by atoms with Crippen LogP contribution in [0.1, 0.15) is 517 Å². The van der Waals surface area contributed by atoms with Gasteiger partial charge in [-0.1, -0.05) is 369 Å². The summed E-state index contributed by atoms with van der Waals surface area (Å²) in [6.07, 6.45) is 22.1. The van der Waals surface area contributed by atoms with Gasteiger partial charge in [0.25, 0.3) is 0 Å². The minimum atomic E-state index is 0.469. The number of nitrogens with zero attached hydrogens (tertiary/aromatic N) is 10. The molecule has 8 aromatic rings. The van der Waals surface area contributed by atoms with Crippen molar-refractivity contribution >= 4 is 0 Å². The zero-order valence-corrected chi connectivity index (χ0v) is 82.4. The van der Waals surface area contributed by atoms with E-state index in [0.29, 0.717) is 94.7 Å². The third kappa shape index (κ3) is 51.0. The van der Waals surface area contributed by atoms with E-state index in [1.165, 1.54) is 78.4 Å². The summed E-state index contributed by atoms with van der Waals surface area (Å²) in [6.45, 7) is 102. The van der Waals surface area contributed by atoms with E-state index in [2.05, 4.69) is 320 Å². The summed E-state index contributed by atoms with van der Waals surface area (Å²) in [5, 5.41) is 0. The summed E-state index contributed by atoms with van der Waals surface area (Å²) < 4.78 is 0. The van der Waals surface area contributed by atoms with Crippen LogP contribution in [-0.2, 0) is 0 Å². The van der Waals surface area contributed by atoms with E-state index in [1.807, 2.05) is 172 Å². The fourth-order valence-corrected chi connectivity index (χ4v) is 11.0. The summed E-state index contributed by atoms with van der Waals surface area (Å²) in [4.78, 5) is 42.4. The number of rotatable bonds is 16. The van der Waals surface area contributed by atoms with Crippen LogP contribution in [0.4, 0.5) is 0 Å². The maximum Gasteiger partial charge on any atom is 0.115 e. The molecule has 0 spiro atoms. The highest BCUT2D eigenvalue weighted by atomic mass is 14.8. The Bertz CT molecular complexity index is 2470. The molecule has 0 atom stereocenters. The summed E-state index contributed by atoms with van der Waals surface area (Å²) in [6, 6.07) is 21.4. The second kappa shape index (κ2) is 75.4. The van der Waals surface area contributed by atoms with Gasteiger partial charge in [-0.3, -0.25) is 29.9 Å². The fourth-order valence-electron chi connectivity index (χ4n) is 11.0. The van der Waals surface area contributed by atoms with Crippen LogP contribution in [0.25, 0.3) is 0 Å². The minimum absolute atomic E-state index is 0.469. The molecule has 0 saturated carbocycles. The van der Waals surface area contributed by atoms with Crippen LogP contribution < -0.4 is 0 Å². The number of hydrogen-bond donors (Lipinski definition) is 0. The second-order valence-electron chi connectivity index (χ2n) is 30.1. The van der Waals surface area contributed by atoms with E-state index in [1.54, 1.807) is 25.0 Å². The van der Waals surface area contributed by atoms with E-state index in [9.17, 15) is 0 Å². The van der Waals surface area contributed by atoms with Gasteiger partial charge in [-0.25, -0.2) is 19.9 Å². The predicted molar refractivity (Wildman–Crippen MR) is 506 cm³/mol. The lowest BCUT2D eigenvalue weighted by atomic mass is 9.91. The molecule has 640 valence electrons. The molecule has 7 heterocycles. The highest BCUT2D eigenvalue weighted by Gasteiger charge is 2.16. The van der Waals surface area contributed by atoms with Gasteiger partial charge in [0, 0.05) is 84.7 Å². The topological polar surface area (TPSA) is 129 Å². The van der Waals surface area contributed by atoms with Gasteiger partial charge >= 0.3 is 0 Å². The standard InChI is InChI=1S/C12H18.4C11H17N.3C10H16N2.8C2H6/c1-9(2)11-7-5-6-8-12(11)10(3)4;2*1-8(2)10-5-6-12-7-11(10)9(3)4;2*1-8(2)10-6-5-7-12-11(10)9(3)4;2*1-7(2)9-5-11-6-12-10(9)8(3)4;1-7(2)9-10(8(3)4)12-6-5-11-9;8*1-2/h5-10H,1-4H3;4*5-9H,1-4H3;3*5-8H,1-4H3;8*1-2H3. The zero-order chi connectivity index (χ0) is 89.1. The molecule has 1 aromatic carbocycles. The van der Waals surface area contributed by atoms with Crippen molar-refractivity contribution in [1.29, 1.82) is 0 Å². The first kappa shape index (κ1) is 121. The molecule has 10 heteroatoms. The van der Waals surface area contributed by atoms with Crippen molar-refractivity contribution in [3.63, 3.8) is 0 Å². The van der Waals surface area contributed by atoms with Gasteiger partial charge < -0.3 is 0 Å². The molecule has 0 aliphatic heterocycles. The molecule has 0 N–H and O–H groups in total. The van der Waals surface area contributed by atoms with Gasteiger partial charge in [0.2, 0.25) is 0 Å². The van der Waals surface area contributed by atoms with Crippen LogP contribution in [0.15, 0.2) is 135 Å². The van der Waals surface area contributed by atoms with Crippen LogP contribution in [0, 0.1) is 0 Å². The van der Waals surface area contributed by atoms with Gasteiger partial charge in [-0.2, -0.15) is 0 Å². The van der Waals surface area contributed by atoms with Gasteiger partial charge in [0.15, 0.2) is 0 Å². The highest BCUT2D eigenvalue weighted by Crippen LogP contribution is 2.30. The summed E-state index contributed by atoms with van der Waals surface area (Å²) >= 11 is 0. The van der Waals surface area contributed by atoms with E-state index in [4.69, 9.17) is 0 Å².